The van der Waals surface area contributed by atoms with Gasteiger partial charge in [0.05, 0.1) is 6.67 Å². The minimum absolute atomic E-state index is 0.591. The molecule has 9 heavy (non-hydrogen) atoms. The number of hydrazine groups is 1. The average Bonchev–Trinajstić information content (AvgIpc) is 1.59. The summed E-state index contributed by atoms with van der Waals surface area (Å²) in [6.45, 7) is 4.35. The summed E-state index contributed by atoms with van der Waals surface area (Å²) >= 11 is 0. The van der Waals surface area contributed by atoms with E-state index in [2.05, 4.69) is 36.4 Å². The van der Waals surface area contributed by atoms with Gasteiger partial charge < -0.3 is 0 Å². The summed E-state index contributed by atoms with van der Waals surface area (Å²) in [4.78, 5) is 2.29. The van der Waals surface area contributed by atoms with E-state index in [4.69, 9.17) is 0 Å². The molecule has 0 aromatic carbocycles. The van der Waals surface area contributed by atoms with Crippen molar-refractivity contribution >= 4 is 0 Å². The Bertz CT molecular complexity index is 69.3. The van der Waals surface area contributed by atoms with Gasteiger partial charge in [0.15, 0.2) is 0 Å². The van der Waals surface area contributed by atoms with E-state index < -0.39 is 0 Å². The molecule has 54 valence electrons. The number of nitrogens with one attached hydrogen (secondary N) is 1. The van der Waals surface area contributed by atoms with E-state index in [9.17, 15) is 0 Å². The quantitative estimate of drug-likeness (QED) is 0.485. The van der Waals surface area contributed by atoms with Gasteiger partial charge in [0, 0.05) is 19.6 Å². The SMILES string of the molecule is CC1CN(C)CN(C)N1. The molecule has 1 heterocycles. The zero-order valence-corrected chi connectivity index (χ0v) is 6.39. The first-order chi connectivity index (χ1) is 4.18. The third-order valence-electron chi connectivity index (χ3n) is 1.48. The highest BCUT2D eigenvalue weighted by molar-refractivity contribution is 4.67. The molecule has 0 saturated carbocycles. The van der Waals surface area contributed by atoms with Gasteiger partial charge in [0.25, 0.3) is 0 Å². The minimum Gasteiger partial charge on any atom is -0.291 e. The van der Waals surface area contributed by atoms with E-state index in [-0.39, 0.29) is 0 Å². The predicted octanol–water partition coefficient (Wildman–Crippen LogP) is -0.286. The van der Waals surface area contributed by atoms with Crippen molar-refractivity contribution < 1.29 is 0 Å². The van der Waals surface area contributed by atoms with E-state index in [0.29, 0.717) is 6.04 Å². The Labute approximate surface area is 56.6 Å². The summed E-state index contributed by atoms with van der Waals surface area (Å²) in [5, 5.41) is 2.11. The van der Waals surface area contributed by atoms with Gasteiger partial charge in [-0.05, 0) is 14.0 Å². The van der Waals surface area contributed by atoms with Crippen LogP contribution < -0.4 is 5.43 Å². The second kappa shape index (κ2) is 2.64. The molecule has 0 aliphatic carbocycles. The number of rotatable bonds is 0. The van der Waals surface area contributed by atoms with Gasteiger partial charge in [-0.1, -0.05) is 0 Å². The van der Waals surface area contributed by atoms with Crippen LogP contribution in [0.1, 0.15) is 6.92 Å². The molecule has 1 N–H and O–H groups in total. The molecule has 1 atom stereocenters. The molecule has 0 amide bonds. The van der Waals surface area contributed by atoms with Crippen molar-refractivity contribution in [3.63, 3.8) is 0 Å². The molecule has 0 bridgehead atoms. The lowest BCUT2D eigenvalue weighted by atomic mass is 10.3. The fourth-order valence-corrected chi connectivity index (χ4v) is 1.35. The van der Waals surface area contributed by atoms with Crippen LogP contribution in [0.25, 0.3) is 0 Å². The van der Waals surface area contributed by atoms with E-state index in [1.54, 1.807) is 0 Å². The van der Waals surface area contributed by atoms with Gasteiger partial charge in [0.1, 0.15) is 0 Å². The Hall–Kier alpha value is -0.120. The second-order valence-corrected chi connectivity index (χ2v) is 2.91. The molecule has 0 aromatic rings. The van der Waals surface area contributed by atoms with Crippen molar-refractivity contribution in [2.75, 3.05) is 27.3 Å². The highest BCUT2D eigenvalue weighted by Crippen LogP contribution is 1.96. The summed E-state index contributed by atoms with van der Waals surface area (Å²) in [7, 11) is 4.19. The zero-order valence-electron chi connectivity index (χ0n) is 6.39. The molecular formula is C6H15N3. The Morgan fingerprint density at radius 1 is 1.44 bits per heavy atom. The van der Waals surface area contributed by atoms with Gasteiger partial charge in [0.2, 0.25) is 0 Å². The summed E-state index contributed by atoms with van der Waals surface area (Å²) in [5.41, 5.74) is 3.30. The van der Waals surface area contributed by atoms with Gasteiger partial charge in [-0.2, -0.15) is 0 Å². The Morgan fingerprint density at radius 2 is 2.11 bits per heavy atom. The lowest BCUT2D eigenvalue weighted by Gasteiger charge is -2.35. The first-order valence-electron chi connectivity index (χ1n) is 3.34. The molecule has 3 heteroatoms. The van der Waals surface area contributed by atoms with Gasteiger partial charge >= 0.3 is 0 Å². The highest BCUT2D eigenvalue weighted by Gasteiger charge is 2.14. The van der Waals surface area contributed by atoms with Gasteiger partial charge in [-0.25, -0.2) is 5.01 Å². The summed E-state index contributed by atoms with van der Waals surface area (Å²) in [5.74, 6) is 0. The molecule has 0 aromatic heterocycles. The largest absolute Gasteiger partial charge is 0.291 e. The minimum atomic E-state index is 0.591. The lowest BCUT2D eigenvalue weighted by molar-refractivity contribution is 0.0537. The summed E-state index contributed by atoms with van der Waals surface area (Å²) in [6.07, 6.45) is 0. The van der Waals surface area contributed by atoms with Crippen LogP contribution in [0.2, 0.25) is 0 Å². The van der Waals surface area contributed by atoms with Crippen molar-refractivity contribution in [1.82, 2.24) is 15.3 Å². The molecule has 1 aliphatic rings. The molecule has 1 fully saturated rings. The van der Waals surface area contributed by atoms with Crippen LogP contribution in [-0.4, -0.2) is 43.3 Å². The topological polar surface area (TPSA) is 18.5 Å². The molecule has 1 unspecified atom stereocenters. The van der Waals surface area contributed by atoms with Crippen LogP contribution in [0.4, 0.5) is 0 Å². The average molecular weight is 129 g/mol. The number of nitrogens with zero attached hydrogens (tertiary/aromatic N) is 2. The van der Waals surface area contributed by atoms with Gasteiger partial charge in [-0.3, -0.25) is 10.3 Å². The molecule has 3 nitrogen and oxygen atoms in total. The molecule has 1 aliphatic heterocycles. The first-order valence-corrected chi connectivity index (χ1v) is 3.34. The predicted molar refractivity (Wildman–Crippen MR) is 37.9 cm³/mol. The van der Waals surface area contributed by atoms with Crippen LogP contribution in [0.15, 0.2) is 0 Å². The van der Waals surface area contributed by atoms with E-state index in [1.165, 1.54) is 0 Å². The maximum atomic E-state index is 3.30. The molecule has 1 rings (SSSR count). The third-order valence-corrected chi connectivity index (χ3v) is 1.48. The zero-order chi connectivity index (χ0) is 6.85. The Morgan fingerprint density at radius 3 is 2.56 bits per heavy atom. The van der Waals surface area contributed by atoms with E-state index in [1.807, 2.05) is 0 Å². The Balaban J connectivity index is 2.34. The van der Waals surface area contributed by atoms with Crippen LogP contribution in [0, 0.1) is 0 Å². The molecule has 0 radical (unpaired) electrons. The summed E-state index contributed by atoms with van der Waals surface area (Å²) in [6, 6.07) is 0.591. The van der Waals surface area contributed by atoms with Crippen molar-refractivity contribution in [2.45, 2.75) is 13.0 Å². The molecule has 0 spiro atoms. The maximum Gasteiger partial charge on any atom is 0.0640 e. The standard InChI is InChI=1S/C6H15N3/c1-6-4-8(2)5-9(3)7-6/h6-7H,4-5H2,1-3H3. The highest BCUT2D eigenvalue weighted by atomic mass is 15.6. The Kier molecular flexibility index (Phi) is 2.05. The smallest absolute Gasteiger partial charge is 0.0640 e. The first kappa shape index (κ1) is 6.99. The summed E-state index contributed by atoms with van der Waals surface area (Å²) < 4.78 is 0. The van der Waals surface area contributed by atoms with Gasteiger partial charge in [-0.15, -0.1) is 0 Å². The monoisotopic (exact) mass is 129 g/mol. The van der Waals surface area contributed by atoms with Crippen LogP contribution in [0.5, 0.6) is 0 Å². The third kappa shape index (κ3) is 1.93. The van der Waals surface area contributed by atoms with E-state index >= 15 is 0 Å². The molecule has 1 saturated heterocycles. The van der Waals surface area contributed by atoms with Crippen molar-refractivity contribution in [2.24, 2.45) is 0 Å². The van der Waals surface area contributed by atoms with Crippen molar-refractivity contribution in [3.05, 3.63) is 0 Å². The number of hydrogen-bond acceptors (Lipinski definition) is 3. The lowest BCUT2D eigenvalue weighted by Crippen LogP contribution is -2.55. The number of likely N-dealkylation sites (N-methyl/N-ethyl adjacent to an activating group) is 1. The normalized spacial score (nSPS) is 33.0. The maximum absolute atomic E-state index is 3.30. The fourth-order valence-electron chi connectivity index (χ4n) is 1.35. The number of hydrogen-bond donors (Lipinski definition) is 1. The molecular weight excluding hydrogens is 114 g/mol. The second-order valence-electron chi connectivity index (χ2n) is 2.91. The van der Waals surface area contributed by atoms with Crippen LogP contribution in [0.3, 0.4) is 0 Å². The van der Waals surface area contributed by atoms with Crippen LogP contribution >= 0.6 is 0 Å². The van der Waals surface area contributed by atoms with Crippen LogP contribution in [-0.2, 0) is 0 Å². The van der Waals surface area contributed by atoms with E-state index in [0.717, 1.165) is 13.2 Å². The van der Waals surface area contributed by atoms with Crippen molar-refractivity contribution in [1.29, 1.82) is 0 Å². The van der Waals surface area contributed by atoms with Crippen molar-refractivity contribution in [3.8, 4) is 0 Å². The fraction of sp³-hybridized carbons (Fsp3) is 1.00.